The second kappa shape index (κ2) is 8.24. The molecule has 0 radical (unpaired) electrons. The van der Waals surface area contributed by atoms with Crippen molar-refractivity contribution in [1.29, 1.82) is 0 Å². The van der Waals surface area contributed by atoms with Gasteiger partial charge in [-0.15, -0.1) is 0 Å². The topological polar surface area (TPSA) is 116 Å². The number of hydrogen-bond donors (Lipinski definition) is 2. The summed E-state index contributed by atoms with van der Waals surface area (Å²) in [7, 11) is 0. The number of benzene rings is 1. The van der Waals surface area contributed by atoms with Gasteiger partial charge in [0, 0.05) is 18.7 Å². The molecule has 2 amide bonds. The van der Waals surface area contributed by atoms with Gasteiger partial charge in [0.2, 0.25) is 5.91 Å². The van der Waals surface area contributed by atoms with Crippen LogP contribution >= 0.6 is 0 Å². The molecule has 5 rings (SSSR count). The second-order valence-corrected chi connectivity index (χ2v) is 9.74. The van der Waals surface area contributed by atoms with E-state index in [1.165, 1.54) is 18.9 Å². The highest BCUT2D eigenvalue weighted by Gasteiger charge is 2.50. The third kappa shape index (κ3) is 3.87. The molecule has 2 heterocycles. The number of likely N-dealkylation sites (tertiary alicyclic amines) is 1. The summed E-state index contributed by atoms with van der Waals surface area (Å²) in [6, 6.07) is 7.72. The zero-order chi connectivity index (χ0) is 23.2. The van der Waals surface area contributed by atoms with E-state index in [1.807, 2.05) is 29.2 Å². The van der Waals surface area contributed by atoms with E-state index in [-0.39, 0.29) is 29.0 Å². The van der Waals surface area contributed by atoms with E-state index in [0.29, 0.717) is 11.5 Å². The van der Waals surface area contributed by atoms with Crippen LogP contribution in [0.1, 0.15) is 61.3 Å². The number of carbonyl (C=O) groups is 2. The van der Waals surface area contributed by atoms with Crippen LogP contribution in [0.15, 0.2) is 36.9 Å². The number of primary amides is 1. The SMILES string of the molecule is C=CC(=O)N1CC[C@]2(C1)C[C@H](n1nc(-c3ccc(OC4CCCC4)cc3)c(C(N)=O)c1N)C2. The Balaban J connectivity index is 1.34. The Morgan fingerprint density at radius 2 is 1.88 bits per heavy atom. The Kier molecular flexibility index (Phi) is 5.38. The summed E-state index contributed by atoms with van der Waals surface area (Å²) in [4.78, 5) is 26.1. The van der Waals surface area contributed by atoms with Crippen molar-refractivity contribution in [1.82, 2.24) is 14.7 Å². The fourth-order valence-electron chi connectivity index (χ4n) is 5.76. The molecule has 33 heavy (non-hydrogen) atoms. The lowest BCUT2D eigenvalue weighted by Crippen LogP contribution is -2.42. The molecule has 0 atom stereocenters. The standard InChI is InChI=1S/C25H31N5O3/c1-2-20(31)29-12-11-25(15-29)13-17(14-25)30-23(26)21(24(27)32)22(28-30)16-7-9-19(10-8-16)33-18-5-3-4-6-18/h2,7-10,17-18H,1,3-6,11-15,26H2,(H2,27,32)/t17-,25-. The van der Waals surface area contributed by atoms with Gasteiger partial charge < -0.3 is 21.1 Å². The number of nitrogens with two attached hydrogens (primary N) is 2. The van der Waals surface area contributed by atoms with Crippen LogP contribution in [0.2, 0.25) is 0 Å². The zero-order valence-electron chi connectivity index (χ0n) is 18.8. The van der Waals surface area contributed by atoms with Crippen molar-refractivity contribution in [3.8, 4) is 17.0 Å². The predicted octanol–water partition coefficient (Wildman–Crippen LogP) is 3.29. The molecule has 8 heteroatoms. The summed E-state index contributed by atoms with van der Waals surface area (Å²) >= 11 is 0. The molecule has 2 aliphatic carbocycles. The van der Waals surface area contributed by atoms with E-state index in [0.717, 1.165) is 56.5 Å². The molecule has 2 aromatic rings. The first-order valence-electron chi connectivity index (χ1n) is 11.8. The van der Waals surface area contributed by atoms with Crippen LogP contribution in [-0.2, 0) is 4.79 Å². The third-order valence-electron chi connectivity index (χ3n) is 7.53. The number of carbonyl (C=O) groups excluding carboxylic acids is 2. The Morgan fingerprint density at radius 3 is 2.52 bits per heavy atom. The van der Waals surface area contributed by atoms with Gasteiger partial charge in [-0.05, 0) is 80.7 Å². The lowest BCUT2D eigenvalue weighted by Gasteiger charge is -2.45. The fraction of sp³-hybridized carbons (Fsp3) is 0.480. The van der Waals surface area contributed by atoms with Crippen LogP contribution < -0.4 is 16.2 Å². The summed E-state index contributed by atoms with van der Waals surface area (Å²) in [6.45, 7) is 5.06. The van der Waals surface area contributed by atoms with Crippen LogP contribution in [0.5, 0.6) is 5.75 Å². The summed E-state index contributed by atoms with van der Waals surface area (Å²) in [6.07, 6.45) is 8.97. The summed E-state index contributed by atoms with van der Waals surface area (Å²) in [5.41, 5.74) is 13.7. The highest BCUT2D eigenvalue weighted by atomic mass is 16.5. The number of aromatic nitrogens is 2. The number of nitrogen functional groups attached to an aromatic ring is 1. The Labute approximate surface area is 193 Å². The van der Waals surface area contributed by atoms with Gasteiger partial charge in [-0.25, -0.2) is 4.68 Å². The normalized spacial score (nSPS) is 24.7. The van der Waals surface area contributed by atoms with E-state index < -0.39 is 5.91 Å². The van der Waals surface area contributed by atoms with Gasteiger partial charge in [0.1, 0.15) is 22.8 Å². The van der Waals surface area contributed by atoms with Gasteiger partial charge in [0.05, 0.1) is 12.1 Å². The first-order valence-corrected chi connectivity index (χ1v) is 11.8. The first-order chi connectivity index (χ1) is 15.9. The monoisotopic (exact) mass is 449 g/mol. The quantitative estimate of drug-likeness (QED) is 0.657. The number of amides is 2. The van der Waals surface area contributed by atoms with Gasteiger partial charge in [-0.2, -0.15) is 5.10 Å². The molecule has 0 bridgehead atoms. The van der Waals surface area contributed by atoms with Crippen molar-refractivity contribution < 1.29 is 14.3 Å². The summed E-state index contributed by atoms with van der Waals surface area (Å²) < 4.78 is 7.80. The van der Waals surface area contributed by atoms with E-state index in [2.05, 4.69) is 6.58 Å². The summed E-state index contributed by atoms with van der Waals surface area (Å²) in [5.74, 6) is 0.519. The maximum absolute atomic E-state index is 12.3. The zero-order valence-corrected chi connectivity index (χ0v) is 18.8. The van der Waals surface area contributed by atoms with Crippen molar-refractivity contribution in [3.05, 3.63) is 42.5 Å². The molecule has 1 aliphatic heterocycles. The third-order valence-corrected chi connectivity index (χ3v) is 7.53. The molecule has 3 fully saturated rings. The molecule has 0 unspecified atom stereocenters. The molecule has 174 valence electrons. The van der Waals surface area contributed by atoms with Crippen LogP contribution in [0.25, 0.3) is 11.3 Å². The van der Waals surface area contributed by atoms with Crippen LogP contribution in [0, 0.1) is 5.41 Å². The predicted molar refractivity (Wildman–Crippen MR) is 126 cm³/mol. The van der Waals surface area contributed by atoms with Gasteiger partial charge >= 0.3 is 0 Å². The average Bonchev–Trinajstić information content (AvgIpc) is 3.51. The molecule has 2 saturated carbocycles. The minimum atomic E-state index is -0.585. The fourth-order valence-corrected chi connectivity index (χ4v) is 5.76. The van der Waals surface area contributed by atoms with E-state index in [4.69, 9.17) is 21.3 Å². The molecule has 1 saturated heterocycles. The number of nitrogens with zero attached hydrogens (tertiary/aromatic N) is 3. The highest BCUT2D eigenvalue weighted by molar-refractivity contribution is 6.03. The van der Waals surface area contributed by atoms with Gasteiger partial charge in [0.25, 0.3) is 5.91 Å². The number of rotatable bonds is 6. The highest BCUT2D eigenvalue weighted by Crippen LogP contribution is 2.54. The largest absolute Gasteiger partial charge is 0.490 e. The van der Waals surface area contributed by atoms with E-state index >= 15 is 0 Å². The van der Waals surface area contributed by atoms with Crippen molar-refractivity contribution in [2.75, 3.05) is 18.8 Å². The molecule has 4 N–H and O–H groups in total. The van der Waals surface area contributed by atoms with Crippen molar-refractivity contribution in [2.45, 2.75) is 57.1 Å². The van der Waals surface area contributed by atoms with Crippen LogP contribution in [0.3, 0.4) is 0 Å². The van der Waals surface area contributed by atoms with Crippen LogP contribution in [-0.4, -0.2) is 45.7 Å². The number of hydrogen-bond acceptors (Lipinski definition) is 5. The van der Waals surface area contributed by atoms with E-state index in [1.54, 1.807) is 4.68 Å². The molecule has 1 aromatic carbocycles. The number of anilines is 1. The second-order valence-electron chi connectivity index (χ2n) is 9.74. The van der Waals surface area contributed by atoms with Crippen molar-refractivity contribution in [2.24, 2.45) is 11.1 Å². The number of ether oxygens (including phenoxy) is 1. The Hall–Kier alpha value is -3.29. The molecule has 1 spiro atoms. The maximum atomic E-state index is 12.3. The van der Waals surface area contributed by atoms with Gasteiger partial charge in [-0.1, -0.05) is 6.58 Å². The Bertz CT molecular complexity index is 1080. The molecule has 8 nitrogen and oxygen atoms in total. The van der Waals surface area contributed by atoms with Crippen molar-refractivity contribution >= 4 is 17.6 Å². The minimum absolute atomic E-state index is 0.0208. The summed E-state index contributed by atoms with van der Waals surface area (Å²) in [5, 5.41) is 4.73. The smallest absolute Gasteiger partial charge is 0.254 e. The van der Waals surface area contributed by atoms with E-state index in [9.17, 15) is 9.59 Å². The van der Waals surface area contributed by atoms with Gasteiger partial charge in [-0.3, -0.25) is 9.59 Å². The lowest BCUT2D eigenvalue weighted by atomic mass is 9.65. The van der Waals surface area contributed by atoms with Gasteiger partial charge in [0.15, 0.2) is 0 Å². The lowest BCUT2D eigenvalue weighted by molar-refractivity contribution is -0.125. The maximum Gasteiger partial charge on any atom is 0.254 e. The minimum Gasteiger partial charge on any atom is -0.490 e. The van der Waals surface area contributed by atoms with Crippen LogP contribution in [0.4, 0.5) is 5.82 Å². The molecule has 3 aliphatic rings. The molecule has 1 aromatic heterocycles. The average molecular weight is 450 g/mol. The molecular formula is C25H31N5O3. The van der Waals surface area contributed by atoms with Crippen molar-refractivity contribution in [3.63, 3.8) is 0 Å². The molecular weight excluding hydrogens is 418 g/mol. The first kappa shape index (κ1) is 21.6. The Morgan fingerprint density at radius 1 is 1.18 bits per heavy atom.